The lowest BCUT2D eigenvalue weighted by molar-refractivity contribution is -0.133. The van der Waals surface area contributed by atoms with E-state index in [0.717, 1.165) is 82.9 Å². The minimum absolute atomic E-state index is 0.203. The number of amides is 3. The largest absolute Gasteiger partial charge is 0.374 e. The lowest BCUT2D eigenvalue weighted by atomic mass is 9.89. The number of rotatable bonds is 11. The molecule has 8 rings (SSSR count). The first kappa shape index (κ1) is 37.6. The highest BCUT2D eigenvalue weighted by molar-refractivity contribution is 6.01. The fourth-order valence-corrected chi connectivity index (χ4v) is 7.76. The third-order valence-electron chi connectivity index (χ3n) is 11.2. The minimum Gasteiger partial charge on any atom is -0.374 e. The molecule has 0 radical (unpaired) electrons. The summed E-state index contributed by atoms with van der Waals surface area (Å²) in [6.45, 7) is 9.48. The quantitative estimate of drug-likeness (QED) is 0.121. The highest BCUT2D eigenvalue weighted by Crippen LogP contribution is 2.32. The number of nitrogens with zero attached hydrogens (tertiary/aromatic N) is 6. The molecule has 3 N–H and O–H groups in total. The molecule has 3 aromatic carbocycles. The fraction of sp³-hybridized carbons (Fsp3) is 0.311. The van der Waals surface area contributed by atoms with Crippen LogP contribution in [0.5, 0.6) is 0 Å². The smallest absolute Gasteiger partial charge is 0.272 e. The third-order valence-corrected chi connectivity index (χ3v) is 11.2. The molecule has 0 bridgehead atoms. The molecule has 6 aromatic rings. The average molecular weight is 762 g/mol. The second-order valence-corrected chi connectivity index (χ2v) is 15.5. The van der Waals surface area contributed by atoms with E-state index in [4.69, 9.17) is 0 Å². The summed E-state index contributed by atoms with van der Waals surface area (Å²) in [5, 5.41) is 21.4. The molecular weight excluding hydrogens is 715 g/mol. The summed E-state index contributed by atoms with van der Waals surface area (Å²) >= 11 is 0. The zero-order valence-corrected chi connectivity index (χ0v) is 32.5. The van der Waals surface area contributed by atoms with Gasteiger partial charge >= 0.3 is 0 Å². The van der Waals surface area contributed by atoms with Crippen molar-refractivity contribution >= 4 is 28.9 Å². The molecule has 2 aliphatic rings. The number of imide groups is 1. The molecule has 2 saturated heterocycles. The lowest BCUT2D eigenvalue weighted by Gasteiger charge is -2.32. The van der Waals surface area contributed by atoms with Crippen LogP contribution >= 0.6 is 0 Å². The second-order valence-electron chi connectivity index (χ2n) is 15.5. The van der Waals surface area contributed by atoms with Crippen molar-refractivity contribution in [3.63, 3.8) is 0 Å². The first-order chi connectivity index (χ1) is 27.7. The van der Waals surface area contributed by atoms with Gasteiger partial charge in [-0.25, -0.2) is 9.50 Å². The van der Waals surface area contributed by atoms with Gasteiger partial charge in [0.1, 0.15) is 12.4 Å². The number of hydrogen-bond donors (Lipinski definition) is 3. The Morgan fingerprint density at radius 2 is 1.65 bits per heavy atom. The number of piperidine rings is 2. The standard InChI is InChI=1S/C45H47N9O3/c1-28(2)38-14-15-40(52-51-38)44(56)46-24-35-9-8-34(22-29(35)3)43-41-23-36(26-54(41)48-27-47-43)32-6-4-30(5-7-32)25-53-20-18-33(19-21-53)31-10-12-37(13-11-31)49-39-16-17-42(55)50-45(39)57/h4-15,22-23,26-28,33,39,49H,16-21,24-25H2,1-3H3,(H,46,56)(H,50,55,57). The number of hydrogen-bond acceptors (Lipinski definition) is 9. The number of carbonyl (C=O) groups is 3. The summed E-state index contributed by atoms with van der Waals surface area (Å²) < 4.78 is 1.88. The van der Waals surface area contributed by atoms with E-state index in [0.29, 0.717) is 31.0 Å². The SMILES string of the molecule is Cc1cc(-c2ncnn3cc(-c4ccc(CN5CCC(c6ccc(NC7CCC(=O)NC7=O)cc6)CC5)cc4)cc23)ccc1CNC(=O)c1ccc(C(C)C)nn1. The Labute approximate surface area is 332 Å². The predicted molar refractivity (Wildman–Crippen MR) is 219 cm³/mol. The van der Waals surface area contributed by atoms with Crippen molar-refractivity contribution in [3.8, 4) is 22.4 Å². The van der Waals surface area contributed by atoms with E-state index in [1.807, 2.05) is 61.8 Å². The molecule has 3 amide bonds. The summed E-state index contributed by atoms with van der Waals surface area (Å²) in [5.41, 5.74) is 11.7. The molecule has 0 saturated carbocycles. The molecule has 5 heterocycles. The Morgan fingerprint density at radius 3 is 2.35 bits per heavy atom. The van der Waals surface area contributed by atoms with Crippen molar-refractivity contribution in [2.45, 2.75) is 77.4 Å². The van der Waals surface area contributed by atoms with Crippen molar-refractivity contribution in [1.29, 1.82) is 0 Å². The second kappa shape index (κ2) is 16.4. The van der Waals surface area contributed by atoms with E-state index in [1.54, 1.807) is 12.4 Å². The van der Waals surface area contributed by atoms with Gasteiger partial charge in [-0.1, -0.05) is 62.4 Å². The minimum atomic E-state index is -0.374. The van der Waals surface area contributed by atoms with Crippen molar-refractivity contribution in [3.05, 3.63) is 131 Å². The summed E-state index contributed by atoms with van der Waals surface area (Å²) in [4.78, 5) is 43.5. The number of benzene rings is 3. The number of carbonyl (C=O) groups excluding carboxylic acids is 3. The van der Waals surface area contributed by atoms with Crippen LogP contribution in [-0.4, -0.2) is 66.5 Å². The molecule has 3 aromatic heterocycles. The Morgan fingerprint density at radius 1 is 0.877 bits per heavy atom. The van der Waals surface area contributed by atoms with Crippen molar-refractivity contribution in [2.24, 2.45) is 0 Å². The van der Waals surface area contributed by atoms with Crippen LogP contribution in [0.2, 0.25) is 0 Å². The van der Waals surface area contributed by atoms with Crippen molar-refractivity contribution in [1.82, 2.24) is 40.3 Å². The molecule has 12 heteroatoms. The van der Waals surface area contributed by atoms with Crippen LogP contribution in [0.4, 0.5) is 5.69 Å². The monoisotopic (exact) mass is 761 g/mol. The van der Waals surface area contributed by atoms with E-state index < -0.39 is 0 Å². The van der Waals surface area contributed by atoms with Crippen molar-refractivity contribution in [2.75, 3.05) is 18.4 Å². The highest BCUT2D eigenvalue weighted by Gasteiger charge is 2.27. The van der Waals surface area contributed by atoms with Crippen LogP contribution in [0.1, 0.15) is 89.8 Å². The maximum absolute atomic E-state index is 12.7. The van der Waals surface area contributed by atoms with E-state index in [-0.39, 0.29) is 29.7 Å². The number of aryl methyl sites for hydroxylation is 1. The molecule has 2 fully saturated rings. The summed E-state index contributed by atoms with van der Waals surface area (Å²) in [6.07, 6.45) is 6.71. The van der Waals surface area contributed by atoms with Crippen LogP contribution in [-0.2, 0) is 22.7 Å². The summed E-state index contributed by atoms with van der Waals surface area (Å²) in [5.74, 6) is 0.0501. The van der Waals surface area contributed by atoms with Crippen LogP contribution in [0.3, 0.4) is 0 Å². The summed E-state index contributed by atoms with van der Waals surface area (Å²) in [7, 11) is 0. The van der Waals surface area contributed by atoms with Crippen LogP contribution in [0.25, 0.3) is 27.9 Å². The van der Waals surface area contributed by atoms with Gasteiger partial charge in [0.05, 0.1) is 16.9 Å². The van der Waals surface area contributed by atoms with Gasteiger partial charge in [0.25, 0.3) is 5.91 Å². The van der Waals surface area contributed by atoms with Gasteiger partial charge in [-0.3, -0.25) is 24.6 Å². The van der Waals surface area contributed by atoms with Crippen LogP contribution < -0.4 is 16.0 Å². The van der Waals surface area contributed by atoms with Gasteiger partial charge in [-0.15, -0.1) is 5.10 Å². The zero-order chi connectivity index (χ0) is 39.5. The molecule has 12 nitrogen and oxygen atoms in total. The number of aromatic nitrogens is 5. The van der Waals surface area contributed by atoms with E-state index in [1.165, 1.54) is 11.1 Å². The Balaban J connectivity index is 0.856. The van der Waals surface area contributed by atoms with Gasteiger partial charge in [0.2, 0.25) is 11.8 Å². The topological polar surface area (TPSA) is 147 Å². The molecular formula is C45H47N9O3. The highest BCUT2D eigenvalue weighted by atomic mass is 16.2. The molecule has 2 aliphatic heterocycles. The van der Waals surface area contributed by atoms with Crippen molar-refractivity contribution < 1.29 is 14.4 Å². The molecule has 1 atom stereocenters. The lowest BCUT2D eigenvalue weighted by Crippen LogP contribution is -2.47. The first-order valence-electron chi connectivity index (χ1n) is 19.7. The molecule has 0 aliphatic carbocycles. The van der Waals surface area contributed by atoms with Crippen LogP contribution in [0, 0.1) is 6.92 Å². The zero-order valence-electron chi connectivity index (χ0n) is 32.5. The third kappa shape index (κ3) is 8.61. The Kier molecular flexibility index (Phi) is 10.9. The van der Waals surface area contributed by atoms with Gasteiger partial charge in [0.15, 0.2) is 5.69 Å². The normalized spacial score (nSPS) is 16.5. The number of fused-ring (bicyclic) bond motifs is 1. The predicted octanol–water partition coefficient (Wildman–Crippen LogP) is 6.81. The number of likely N-dealkylation sites (tertiary alicyclic amines) is 1. The first-order valence-corrected chi connectivity index (χ1v) is 19.7. The van der Waals surface area contributed by atoms with Crippen LogP contribution in [0.15, 0.2) is 97.5 Å². The summed E-state index contributed by atoms with van der Waals surface area (Å²) in [6, 6.07) is 28.7. The average Bonchev–Trinajstić information content (AvgIpc) is 3.67. The van der Waals surface area contributed by atoms with E-state index in [2.05, 4.69) is 89.7 Å². The van der Waals surface area contributed by atoms with Gasteiger partial charge in [0, 0.05) is 42.5 Å². The molecule has 0 spiro atoms. The van der Waals surface area contributed by atoms with E-state index in [9.17, 15) is 14.4 Å². The molecule has 290 valence electrons. The Bertz CT molecular complexity index is 2400. The van der Waals surface area contributed by atoms with Gasteiger partial charge < -0.3 is 10.6 Å². The Hall–Kier alpha value is -6.27. The van der Waals surface area contributed by atoms with Gasteiger partial charge in [-0.05, 0) is 115 Å². The number of anilines is 1. The molecule has 57 heavy (non-hydrogen) atoms. The van der Waals surface area contributed by atoms with Gasteiger partial charge in [-0.2, -0.15) is 10.2 Å². The molecule has 1 unspecified atom stereocenters. The fourth-order valence-electron chi connectivity index (χ4n) is 7.76. The number of nitrogens with one attached hydrogen (secondary N) is 3. The maximum atomic E-state index is 12.7. The maximum Gasteiger partial charge on any atom is 0.272 e. The van der Waals surface area contributed by atoms with E-state index >= 15 is 0 Å².